The Morgan fingerprint density at radius 1 is 1.19 bits per heavy atom. The summed E-state index contributed by atoms with van der Waals surface area (Å²) in [7, 11) is 1.42. The minimum absolute atomic E-state index is 0.0209. The van der Waals surface area contributed by atoms with E-state index in [2.05, 4.69) is 15.1 Å². The van der Waals surface area contributed by atoms with E-state index in [1.54, 1.807) is 12.1 Å². The quantitative estimate of drug-likeness (QED) is 0.441. The molecule has 0 aliphatic rings. The van der Waals surface area contributed by atoms with Crippen molar-refractivity contribution < 1.29 is 13.7 Å². The minimum Gasteiger partial charge on any atom is -0.461 e. The Morgan fingerprint density at radius 3 is 2.69 bits per heavy atom. The Labute approximate surface area is 181 Å². The lowest BCUT2D eigenvalue weighted by Crippen LogP contribution is -2.39. The maximum atomic E-state index is 12.7. The number of nitrogen functional groups attached to an aromatic ring is 1. The number of hydrogen-bond donors (Lipinski definition) is 2. The van der Waals surface area contributed by atoms with Gasteiger partial charge in [0.05, 0.1) is 12.8 Å². The van der Waals surface area contributed by atoms with E-state index < -0.39 is 17.2 Å². The average Bonchev–Trinajstić information content (AvgIpc) is 3.47. The molecule has 3 N–H and O–H groups in total. The number of nitrogens with one attached hydrogen (secondary N) is 1. The maximum absolute atomic E-state index is 12.7. The minimum atomic E-state index is -0.745. The number of hydrogen-bond acceptors (Lipinski definition) is 8. The number of furan rings is 1. The molecule has 3 heterocycles. The molecule has 32 heavy (non-hydrogen) atoms. The van der Waals surface area contributed by atoms with Gasteiger partial charge in [0.2, 0.25) is 17.6 Å². The Bertz CT molecular complexity index is 1340. The van der Waals surface area contributed by atoms with Crippen molar-refractivity contribution in [2.45, 2.75) is 19.4 Å². The van der Waals surface area contributed by atoms with Crippen LogP contribution < -0.4 is 21.9 Å². The lowest BCUT2D eigenvalue weighted by atomic mass is 10.2. The van der Waals surface area contributed by atoms with Crippen molar-refractivity contribution in [3.63, 3.8) is 0 Å². The molecule has 4 aromatic rings. The highest BCUT2D eigenvalue weighted by Crippen LogP contribution is 2.19. The number of amides is 1. The van der Waals surface area contributed by atoms with Crippen LogP contribution in [0.2, 0.25) is 0 Å². The molecular formula is C21H20N6O5. The molecular weight excluding hydrogens is 416 g/mol. The molecule has 1 aromatic carbocycles. The Balaban J connectivity index is 1.51. The van der Waals surface area contributed by atoms with E-state index in [1.807, 2.05) is 30.3 Å². The second kappa shape index (κ2) is 8.76. The summed E-state index contributed by atoms with van der Waals surface area (Å²) in [5, 5.41) is 3.81. The van der Waals surface area contributed by atoms with E-state index in [0.717, 1.165) is 10.5 Å². The van der Waals surface area contributed by atoms with Crippen LogP contribution in [-0.2, 0) is 17.8 Å². The molecule has 4 rings (SSSR count). The summed E-state index contributed by atoms with van der Waals surface area (Å²) in [5.74, 6) is 0.457. The first-order valence-corrected chi connectivity index (χ1v) is 9.73. The number of H-pyrrole nitrogens is 1. The Hall–Kier alpha value is -4.41. The van der Waals surface area contributed by atoms with Gasteiger partial charge < -0.3 is 19.6 Å². The fourth-order valence-electron chi connectivity index (χ4n) is 3.19. The van der Waals surface area contributed by atoms with E-state index >= 15 is 0 Å². The van der Waals surface area contributed by atoms with Crippen LogP contribution >= 0.6 is 0 Å². The van der Waals surface area contributed by atoms with Gasteiger partial charge in [0.1, 0.15) is 5.82 Å². The van der Waals surface area contributed by atoms with E-state index in [0.29, 0.717) is 5.76 Å². The zero-order valence-corrected chi connectivity index (χ0v) is 17.1. The number of aryl methyl sites for hydroxylation is 1. The molecule has 0 fully saturated rings. The Kier molecular flexibility index (Phi) is 5.71. The highest BCUT2D eigenvalue weighted by atomic mass is 16.5. The molecule has 0 saturated heterocycles. The molecule has 164 valence electrons. The van der Waals surface area contributed by atoms with Gasteiger partial charge in [-0.3, -0.25) is 19.1 Å². The molecule has 1 amide bonds. The number of nitrogens with two attached hydrogens (primary N) is 1. The van der Waals surface area contributed by atoms with Crippen molar-refractivity contribution >= 4 is 17.4 Å². The van der Waals surface area contributed by atoms with Crippen LogP contribution in [0, 0.1) is 0 Å². The van der Waals surface area contributed by atoms with Gasteiger partial charge in [0.15, 0.2) is 11.4 Å². The molecule has 11 heteroatoms. The SMILES string of the molecule is CN(C(=O)CCc1nc(-c2ccco2)no1)c1c(N)n(Cc2ccccc2)c(=O)[nH]c1=O. The molecule has 0 spiro atoms. The molecule has 3 aromatic heterocycles. The summed E-state index contributed by atoms with van der Waals surface area (Å²) in [6.45, 7) is 0.148. The lowest BCUT2D eigenvalue weighted by molar-refractivity contribution is -0.118. The van der Waals surface area contributed by atoms with Gasteiger partial charge in [-0.05, 0) is 17.7 Å². The molecule has 0 atom stereocenters. The highest BCUT2D eigenvalue weighted by molar-refractivity contribution is 5.95. The van der Waals surface area contributed by atoms with Crippen molar-refractivity contribution in [1.29, 1.82) is 0 Å². The first kappa shape index (κ1) is 20.8. The molecule has 0 bridgehead atoms. The number of rotatable bonds is 7. The van der Waals surface area contributed by atoms with Crippen molar-refractivity contribution in [1.82, 2.24) is 19.7 Å². The number of anilines is 2. The van der Waals surface area contributed by atoms with Gasteiger partial charge in [0, 0.05) is 19.9 Å². The van der Waals surface area contributed by atoms with Crippen LogP contribution in [0.4, 0.5) is 11.5 Å². The summed E-state index contributed by atoms with van der Waals surface area (Å²) in [6, 6.07) is 12.5. The summed E-state index contributed by atoms with van der Waals surface area (Å²) < 4.78 is 11.6. The van der Waals surface area contributed by atoms with Gasteiger partial charge in [-0.25, -0.2) is 4.79 Å². The van der Waals surface area contributed by atoms with Crippen molar-refractivity contribution in [3.8, 4) is 11.6 Å². The van der Waals surface area contributed by atoms with Gasteiger partial charge in [-0.1, -0.05) is 35.5 Å². The number of aromatic amines is 1. The lowest BCUT2D eigenvalue weighted by Gasteiger charge is -2.20. The molecule has 0 radical (unpaired) electrons. The first-order valence-electron chi connectivity index (χ1n) is 9.73. The zero-order chi connectivity index (χ0) is 22.7. The highest BCUT2D eigenvalue weighted by Gasteiger charge is 2.22. The van der Waals surface area contributed by atoms with Crippen LogP contribution in [0.25, 0.3) is 11.6 Å². The number of aromatic nitrogens is 4. The molecule has 11 nitrogen and oxygen atoms in total. The summed E-state index contributed by atoms with van der Waals surface area (Å²) in [5.41, 5.74) is 5.45. The second-order valence-electron chi connectivity index (χ2n) is 7.01. The second-order valence-corrected chi connectivity index (χ2v) is 7.01. The normalized spacial score (nSPS) is 10.9. The summed E-state index contributed by atoms with van der Waals surface area (Å²) in [6.07, 6.45) is 1.62. The number of nitrogens with zero attached hydrogens (tertiary/aromatic N) is 4. The first-order chi connectivity index (χ1) is 15.4. The van der Waals surface area contributed by atoms with Gasteiger partial charge in [0.25, 0.3) is 5.56 Å². The number of benzene rings is 1. The molecule has 0 unspecified atom stereocenters. The van der Waals surface area contributed by atoms with Crippen LogP contribution in [0.5, 0.6) is 0 Å². The van der Waals surface area contributed by atoms with Crippen LogP contribution in [0.3, 0.4) is 0 Å². The third-order valence-corrected chi connectivity index (χ3v) is 4.87. The summed E-state index contributed by atoms with van der Waals surface area (Å²) >= 11 is 0. The van der Waals surface area contributed by atoms with Crippen molar-refractivity contribution in [2.75, 3.05) is 17.7 Å². The molecule has 0 saturated carbocycles. The third kappa shape index (κ3) is 4.21. The van der Waals surface area contributed by atoms with E-state index in [9.17, 15) is 14.4 Å². The maximum Gasteiger partial charge on any atom is 0.330 e. The predicted molar refractivity (Wildman–Crippen MR) is 115 cm³/mol. The van der Waals surface area contributed by atoms with E-state index in [4.69, 9.17) is 14.7 Å². The van der Waals surface area contributed by atoms with E-state index in [-0.39, 0.29) is 42.6 Å². The van der Waals surface area contributed by atoms with Crippen molar-refractivity contribution in [2.24, 2.45) is 0 Å². The molecule has 0 aliphatic carbocycles. The van der Waals surface area contributed by atoms with Gasteiger partial charge in [-0.2, -0.15) is 4.98 Å². The standard InChI is InChI=1S/C21H20N6O5/c1-26(16(28)10-9-15-23-19(25-32-15)14-8-5-11-31-14)17-18(22)27(21(30)24-20(17)29)12-13-6-3-2-4-7-13/h2-8,11H,9-10,12,22H2,1H3,(H,24,29,30). The number of carbonyl (C=O) groups excluding carboxylic acids is 1. The third-order valence-electron chi connectivity index (χ3n) is 4.87. The van der Waals surface area contributed by atoms with Crippen LogP contribution in [-0.4, -0.2) is 32.6 Å². The van der Waals surface area contributed by atoms with Gasteiger partial charge in [-0.15, -0.1) is 0 Å². The predicted octanol–water partition coefficient (Wildman–Crippen LogP) is 1.41. The fraction of sp³-hybridized carbons (Fsp3) is 0.190. The van der Waals surface area contributed by atoms with Crippen molar-refractivity contribution in [3.05, 3.63) is 81.0 Å². The van der Waals surface area contributed by atoms with Crippen LogP contribution in [0.15, 0.2) is 67.3 Å². The zero-order valence-electron chi connectivity index (χ0n) is 17.1. The fourth-order valence-corrected chi connectivity index (χ4v) is 3.19. The smallest absolute Gasteiger partial charge is 0.330 e. The van der Waals surface area contributed by atoms with Gasteiger partial charge >= 0.3 is 5.69 Å². The largest absolute Gasteiger partial charge is 0.461 e. The monoisotopic (exact) mass is 436 g/mol. The van der Waals surface area contributed by atoms with E-state index in [1.165, 1.54) is 17.9 Å². The Morgan fingerprint density at radius 2 is 1.97 bits per heavy atom. The number of carbonyl (C=O) groups is 1. The van der Waals surface area contributed by atoms with Crippen LogP contribution in [0.1, 0.15) is 17.9 Å². The topological polar surface area (TPSA) is 153 Å². The molecule has 0 aliphatic heterocycles. The average molecular weight is 436 g/mol. The summed E-state index contributed by atoms with van der Waals surface area (Å²) in [4.78, 5) is 45.0.